The first-order valence-electron chi connectivity index (χ1n) is 5.70. The minimum absolute atomic E-state index is 0.0104. The van der Waals surface area contributed by atoms with Crippen LogP contribution in [0.4, 0.5) is 13.2 Å². The van der Waals surface area contributed by atoms with E-state index in [-0.39, 0.29) is 24.5 Å². The van der Waals surface area contributed by atoms with Gasteiger partial charge in [0.25, 0.3) is 0 Å². The summed E-state index contributed by atoms with van der Waals surface area (Å²) >= 11 is 0. The summed E-state index contributed by atoms with van der Waals surface area (Å²) in [5.41, 5.74) is 5.29. The molecule has 1 aromatic carbocycles. The third-order valence-corrected chi connectivity index (χ3v) is 2.41. The lowest BCUT2D eigenvalue weighted by Gasteiger charge is -2.14. The van der Waals surface area contributed by atoms with Crippen LogP contribution < -0.4 is 15.8 Å². The molecule has 1 unspecified atom stereocenters. The quantitative estimate of drug-likeness (QED) is 0.787. The summed E-state index contributed by atoms with van der Waals surface area (Å²) in [5, 5.41) is 2.33. The standard InChI is InChI=1S/C12H15F3N2O3/c1-19-6-9(16)11(18)17-5-7-8(13)3-2-4-10(7)20-12(14)15/h2-4,9,12H,5-6,16H2,1H3,(H,17,18). The monoisotopic (exact) mass is 292 g/mol. The highest BCUT2D eigenvalue weighted by Crippen LogP contribution is 2.23. The Morgan fingerprint density at radius 3 is 2.75 bits per heavy atom. The van der Waals surface area contributed by atoms with Crippen molar-refractivity contribution in [1.29, 1.82) is 0 Å². The molecule has 0 aliphatic heterocycles. The SMILES string of the molecule is COCC(N)C(=O)NCc1c(F)cccc1OC(F)F. The van der Waals surface area contributed by atoms with E-state index in [9.17, 15) is 18.0 Å². The van der Waals surface area contributed by atoms with E-state index < -0.39 is 24.4 Å². The van der Waals surface area contributed by atoms with Crippen molar-refractivity contribution in [3.8, 4) is 5.75 Å². The number of nitrogens with one attached hydrogen (secondary N) is 1. The molecule has 0 aliphatic rings. The van der Waals surface area contributed by atoms with Crippen LogP contribution in [0.15, 0.2) is 18.2 Å². The fraction of sp³-hybridized carbons (Fsp3) is 0.417. The molecule has 0 heterocycles. The summed E-state index contributed by atoms with van der Waals surface area (Å²) in [6.07, 6.45) is 0. The highest BCUT2D eigenvalue weighted by atomic mass is 19.3. The maximum Gasteiger partial charge on any atom is 0.387 e. The minimum Gasteiger partial charge on any atom is -0.434 e. The molecule has 8 heteroatoms. The van der Waals surface area contributed by atoms with E-state index in [0.717, 1.165) is 6.07 Å². The maximum atomic E-state index is 13.6. The first-order chi connectivity index (χ1) is 9.45. The summed E-state index contributed by atoms with van der Waals surface area (Å²) in [6, 6.07) is 2.57. The molecule has 112 valence electrons. The van der Waals surface area contributed by atoms with Crippen LogP contribution in [0, 0.1) is 5.82 Å². The van der Waals surface area contributed by atoms with Crippen molar-refractivity contribution in [2.24, 2.45) is 5.73 Å². The number of nitrogens with two attached hydrogens (primary N) is 1. The zero-order chi connectivity index (χ0) is 15.1. The number of methoxy groups -OCH3 is 1. The number of alkyl halides is 2. The fourth-order valence-corrected chi connectivity index (χ4v) is 1.48. The highest BCUT2D eigenvalue weighted by molar-refractivity contribution is 5.81. The Labute approximate surface area is 113 Å². The second-order valence-electron chi connectivity index (χ2n) is 3.87. The van der Waals surface area contributed by atoms with Gasteiger partial charge >= 0.3 is 6.61 Å². The van der Waals surface area contributed by atoms with Crippen molar-refractivity contribution in [2.75, 3.05) is 13.7 Å². The smallest absolute Gasteiger partial charge is 0.387 e. The minimum atomic E-state index is -3.08. The molecule has 0 saturated heterocycles. The molecule has 0 bridgehead atoms. The van der Waals surface area contributed by atoms with Crippen LogP contribution in [-0.4, -0.2) is 32.3 Å². The number of carbonyl (C=O) groups is 1. The largest absolute Gasteiger partial charge is 0.434 e. The second kappa shape index (κ2) is 7.71. The average molecular weight is 292 g/mol. The highest BCUT2D eigenvalue weighted by Gasteiger charge is 2.17. The van der Waals surface area contributed by atoms with Gasteiger partial charge in [0, 0.05) is 19.2 Å². The molecule has 0 aliphatic carbocycles. The number of hydrogen-bond donors (Lipinski definition) is 2. The second-order valence-corrected chi connectivity index (χ2v) is 3.87. The number of halogens is 3. The van der Waals surface area contributed by atoms with E-state index in [1.165, 1.54) is 19.2 Å². The molecular formula is C12H15F3N2O3. The van der Waals surface area contributed by atoms with E-state index in [1.807, 2.05) is 0 Å². The normalized spacial score (nSPS) is 12.3. The van der Waals surface area contributed by atoms with Gasteiger partial charge in [-0.2, -0.15) is 8.78 Å². The lowest BCUT2D eigenvalue weighted by molar-refractivity contribution is -0.123. The van der Waals surface area contributed by atoms with Gasteiger partial charge < -0.3 is 20.5 Å². The van der Waals surface area contributed by atoms with E-state index in [2.05, 4.69) is 10.1 Å². The number of amides is 1. The molecule has 1 atom stereocenters. The molecule has 3 N–H and O–H groups in total. The molecule has 1 amide bonds. The fourth-order valence-electron chi connectivity index (χ4n) is 1.48. The number of carbonyl (C=O) groups excluding carboxylic acids is 1. The molecule has 1 aromatic rings. The predicted molar refractivity (Wildman–Crippen MR) is 64.7 cm³/mol. The van der Waals surface area contributed by atoms with Crippen LogP contribution in [0.3, 0.4) is 0 Å². The summed E-state index contributed by atoms with van der Waals surface area (Å²) in [6.45, 7) is -3.41. The van der Waals surface area contributed by atoms with Gasteiger partial charge in [-0.15, -0.1) is 0 Å². The van der Waals surface area contributed by atoms with Crippen molar-refractivity contribution in [2.45, 2.75) is 19.2 Å². The van der Waals surface area contributed by atoms with E-state index >= 15 is 0 Å². The first-order valence-corrected chi connectivity index (χ1v) is 5.70. The van der Waals surface area contributed by atoms with Crippen LogP contribution in [-0.2, 0) is 16.1 Å². The topological polar surface area (TPSA) is 73.6 Å². The summed E-state index contributed by atoms with van der Waals surface area (Å²) in [5.74, 6) is -1.68. The zero-order valence-electron chi connectivity index (χ0n) is 10.7. The number of ether oxygens (including phenoxy) is 2. The predicted octanol–water partition coefficient (Wildman–Crippen LogP) is 1.02. The Bertz CT molecular complexity index is 458. The van der Waals surface area contributed by atoms with Crippen LogP contribution in [0.25, 0.3) is 0 Å². The third-order valence-electron chi connectivity index (χ3n) is 2.41. The van der Waals surface area contributed by atoms with Crippen LogP contribution in [0.2, 0.25) is 0 Å². The lowest BCUT2D eigenvalue weighted by atomic mass is 10.2. The molecule has 1 rings (SSSR count). The number of hydrogen-bond acceptors (Lipinski definition) is 4. The number of benzene rings is 1. The Morgan fingerprint density at radius 2 is 2.15 bits per heavy atom. The summed E-state index contributed by atoms with van der Waals surface area (Å²) in [7, 11) is 1.37. The van der Waals surface area contributed by atoms with Crippen molar-refractivity contribution < 1.29 is 27.4 Å². The van der Waals surface area contributed by atoms with Crippen molar-refractivity contribution in [1.82, 2.24) is 5.32 Å². The van der Waals surface area contributed by atoms with Crippen LogP contribution in [0.1, 0.15) is 5.56 Å². The van der Waals surface area contributed by atoms with Crippen LogP contribution in [0.5, 0.6) is 5.75 Å². The molecular weight excluding hydrogens is 277 g/mol. The Balaban J connectivity index is 2.74. The number of rotatable bonds is 7. The van der Waals surface area contributed by atoms with Gasteiger partial charge in [-0.25, -0.2) is 4.39 Å². The van der Waals surface area contributed by atoms with Gasteiger partial charge in [0.2, 0.25) is 5.91 Å². The van der Waals surface area contributed by atoms with Gasteiger partial charge in [0.1, 0.15) is 17.6 Å². The Kier molecular flexibility index (Phi) is 6.26. The molecule has 5 nitrogen and oxygen atoms in total. The van der Waals surface area contributed by atoms with Gasteiger partial charge in [-0.1, -0.05) is 6.07 Å². The van der Waals surface area contributed by atoms with E-state index in [1.54, 1.807) is 0 Å². The van der Waals surface area contributed by atoms with Crippen molar-refractivity contribution in [3.05, 3.63) is 29.6 Å². The van der Waals surface area contributed by atoms with Crippen molar-refractivity contribution in [3.63, 3.8) is 0 Å². The summed E-state index contributed by atoms with van der Waals surface area (Å²) in [4.78, 5) is 11.5. The van der Waals surface area contributed by atoms with E-state index in [0.29, 0.717) is 0 Å². The van der Waals surface area contributed by atoms with Crippen molar-refractivity contribution >= 4 is 5.91 Å². The molecule has 0 fully saturated rings. The van der Waals surface area contributed by atoms with Gasteiger partial charge in [0.05, 0.1) is 6.61 Å². The van der Waals surface area contributed by atoms with Gasteiger partial charge in [-0.3, -0.25) is 4.79 Å². The molecule has 0 radical (unpaired) electrons. The molecule has 20 heavy (non-hydrogen) atoms. The molecule has 0 aromatic heterocycles. The lowest BCUT2D eigenvalue weighted by Crippen LogP contribution is -2.43. The Hall–Kier alpha value is -1.80. The summed E-state index contributed by atoms with van der Waals surface area (Å²) < 4.78 is 46.8. The van der Waals surface area contributed by atoms with E-state index in [4.69, 9.17) is 10.5 Å². The van der Waals surface area contributed by atoms with Crippen LogP contribution >= 0.6 is 0 Å². The van der Waals surface area contributed by atoms with Gasteiger partial charge in [0.15, 0.2) is 0 Å². The maximum absolute atomic E-state index is 13.6. The average Bonchev–Trinajstić information content (AvgIpc) is 2.37. The third kappa shape index (κ3) is 4.71. The molecule has 0 spiro atoms. The molecule has 0 saturated carbocycles. The van der Waals surface area contributed by atoms with Gasteiger partial charge in [-0.05, 0) is 12.1 Å². The first kappa shape index (κ1) is 16.3. The zero-order valence-corrected chi connectivity index (χ0v) is 10.7. The Morgan fingerprint density at radius 1 is 1.45 bits per heavy atom.